The summed E-state index contributed by atoms with van der Waals surface area (Å²) in [6, 6.07) is 14.0. The lowest BCUT2D eigenvalue weighted by molar-refractivity contribution is -0.144. The van der Waals surface area contributed by atoms with Crippen molar-refractivity contribution in [3.05, 3.63) is 69.2 Å². The minimum atomic E-state index is -0.871. The van der Waals surface area contributed by atoms with Crippen molar-refractivity contribution in [2.24, 2.45) is 0 Å². The minimum absolute atomic E-state index is 0.158. The first-order chi connectivity index (χ1) is 13.8. The van der Waals surface area contributed by atoms with E-state index in [-0.39, 0.29) is 12.1 Å². The van der Waals surface area contributed by atoms with E-state index in [1.807, 2.05) is 31.1 Å². The molecule has 0 unspecified atom stereocenters. The van der Waals surface area contributed by atoms with Crippen LogP contribution in [-0.4, -0.2) is 32.6 Å². The van der Waals surface area contributed by atoms with Gasteiger partial charge in [0.25, 0.3) is 5.91 Å². The van der Waals surface area contributed by atoms with Crippen molar-refractivity contribution in [3.8, 4) is 6.07 Å². The van der Waals surface area contributed by atoms with Crippen LogP contribution in [0.3, 0.4) is 0 Å². The number of esters is 1. The van der Waals surface area contributed by atoms with Gasteiger partial charge in [-0.25, -0.2) is 4.79 Å². The van der Waals surface area contributed by atoms with Crippen LogP contribution in [0.4, 0.5) is 5.69 Å². The second kappa shape index (κ2) is 10.5. The average Bonchev–Trinajstić information content (AvgIpc) is 2.69. The van der Waals surface area contributed by atoms with Gasteiger partial charge in [-0.2, -0.15) is 5.26 Å². The van der Waals surface area contributed by atoms with Crippen molar-refractivity contribution in [2.75, 3.05) is 25.6 Å². The number of nitrogens with zero attached hydrogens (tertiary/aromatic N) is 2. The summed E-state index contributed by atoms with van der Waals surface area (Å²) in [4.78, 5) is 25.9. The Morgan fingerprint density at radius 2 is 1.86 bits per heavy atom. The Hall–Kier alpha value is -3.01. The van der Waals surface area contributed by atoms with Gasteiger partial charge in [-0.1, -0.05) is 41.4 Å². The van der Waals surface area contributed by atoms with Crippen molar-refractivity contribution >= 4 is 46.8 Å². The number of amides is 1. The average molecular weight is 432 g/mol. The molecule has 2 aromatic rings. The van der Waals surface area contributed by atoms with Crippen LogP contribution in [0, 0.1) is 11.3 Å². The van der Waals surface area contributed by atoms with Gasteiger partial charge in [0.15, 0.2) is 6.61 Å². The van der Waals surface area contributed by atoms with Crippen LogP contribution in [0.25, 0.3) is 6.08 Å². The summed E-state index contributed by atoms with van der Waals surface area (Å²) in [5.41, 5.74) is 2.14. The molecule has 0 atom stereocenters. The molecule has 29 heavy (non-hydrogen) atoms. The van der Waals surface area contributed by atoms with Gasteiger partial charge in [0.05, 0.1) is 0 Å². The Balaban J connectivity index is 1.90. The van der Waals surface area contributed by atoms with Crippen molar-refractivity contribution in [2.45, 2.75) is 6.54 Å². The molecule has 0 bridgehead atoms. The fourth-order valence-electron chi connectivity index (χ4n) is 2.29. The number of hydrogen-bond acceptors (Lipinski definition) is 5. The molecule has 0 heterocycles. The Morgan fingerprint density at radius 3 is 2.45 bits per heavy atom. The lowest BCUT2D eigenvalue weighted by Gasteiger charge is -2.11. The zero-order chi connectivity index (χ0) is 21.4. The molecule has 1 amide bonds. The number of halogens is 2. The summed E-state index contributed by atoms with van der Waals surface area (Å²) < 4.78 is 4.92. The number of hydrogen-bond donors (Lipinski definition) is 1. The zero-order valence-corrected chi connectivity index (χ0v) is 17.4. The van der Waals surface area contributed by atoms with Gasteiger partial charge in [-0.15, -0.1) is 0 Å². The third-order valence-electron chi connectivity index (χ3n) is 3.89. The molecule has 150 valence electrons. The highest BCUT2D eigenvalue weighted by Crippen LogP contribution is 2.20. The second-order valence-electron chi connectivity index (χ2n) is 6.24. The van der Waals surface area contributed by atoms with Crippen molar-refractivity contribution < 1.29 is 14.3 Å². The van der Waals surface area contributed by atoms with Gasteiger partial charge in [-0.05, 0) is 41.5 Å². The lowest BCUT2D eigenvalue weighted by Crippen LogP contribution is -2.28. The molecule has 6 nitrogen and oxygen atoms in total. The number of nitrogens with one attached hydrogen (secondary N) is 1. The Kier molecular flexibility index (Phi) is 8.08. The van der Waals surface area contributed by atoms with E-state index in [2.05, 4.69) is 5.32 Å². The summed E-state index contributed by atoms with van der Waals surface area (Å²) >= 11 is 11.9. The molecule has 0 aromatic heterocycles. The molecular formula is C21H19Cl2N3O3. The molecule has 0 fully saturated rings. The Labute approximate surface area is 179 Å². The third kappa shape index (κ3) is 6.83. The van der Waals surface area contributed by atoms with Crippen molar-refractivity contribution in [1.82, 2.24) is 5.32 Å². The molecule has 0 aliphatic heterocycles. The third-order valence-corrected chi connectivity index (χ3v) is 4.47. The molecule has 0 spiro atoms. The van der Waals surface area contributed by atoms with Crippen LogP contribution in [-0.2, 0) is 20.9 Å². The topological polar surface area (TPSA) is 82.4 Å². The van der Waals surface area contributed by atoms with E-state index in [9.17, 15) is 14.9 Å². The van der Waals surface area contributed by atoms with Gasteiger partial charge in [0.2, 0.25) is 0 Å². The molecule has 0 radical (unpaired) electrons. The minimum Gasteiger partial charge on any atom is -0.451 e. The van der Waals surface area contributed by atoms with Crippen molar-refractivity contribution in [3.63, 3.8) is 0 Å². The molecule has 0 saturated carbocycles. The molecule has 0 saturated heterocycles. The normalized spacial score (nSPS) is 10.8. The number of carbonyl (C=O) groups excluding carboxylic acids is 2. The van der Waals surface area contributed by atoms with Crippen LogP contribution in [0.2, 0.25) is 10.0 Å². The van der Waals surface area contributed by atoms with Crippen molar-refractivity contribution in [1.29, 1.82) is 5.26 Å². The standard InChI is InChI=1S/C21H19Cl2N3O3/c1-26(2)18-7-3-14(4-8-18)9-16(11-24)21(28)29-13-20(27)25-12-15-5-6-17(22)10-19(15)23/h3-10H,12-13H2,1-2H3,(H,25,27)/b16-9+. The Morgan fingerprint density at radius 1 is 1.17 bits per heavy atom. The number of carbonyl (C=O) groups is 2. The number of nitriles is 1. The van der Waals surface area contributed by atoms with E-state index in [0.29, 0.717) is 21.2 Å². The lowest BCUT2D eigenvalue weighted by atomic mass is 10.1. The molecule has 2 aromatic carbocycles. The van der Waals surface area contributed by atoms with Crippen LogP contribution in [0.15, 0.2) is 48.0 Å². The smallest absolute Gasteiger partial charge is 0.349 e. The fraction of sp³-hybridized carbons (Fsp3) is 0.190. The van der Waals surface area contributed by atoms with Crippen LogP contribution in [0.1, 0.15) is 11.1 Å². The zero-order valence-electron chi connectivity index (χ0n) is 15.9. The molecule has 0 aliphatic rings. The SMILES string of the molecule is CN(C)c1ccc(/C=C(\C#N)C(=O)OCC(=O)NCc2ccc(Cl)cc2Cl)cc1. The van der Waals surface area contributed by atoms with Crippen LogP contribution in [0.5, 0.6) is 0 Å². The van der Waals surface area contributed by atoms with Gasteiger partial charge in [0.1, 0.15) is 11.6 Å². The number of rotatable bonds is 7. The quantitative estimate of drug-likeness (QED) is 0.409. The number of anilines is 1. The fourth-order valence-corrected chi connectivity index (χ4v) is 2.77. The number of ether oxygens (including phenoxy) is 1. The molecule has 1 N–H and O–H groups in total. The van der Waals surface area contributed by atoms with E-state index in [4.69, 9.17) is 27.9 Å². The Bertz CT molecular complexity index is 964. The monoisotopic (exact) mass is 431 g/mol. The van der Waals surface area contributed by atoms with Gasteiger partial charge in [-0.3, -0.25) is 4.79 Å². The molecule has 2 rings (SSSR count). The highest BCUT2D eigenvalue weighted by atomic mass is 35.5. The first-order valence-electron chi connectivity index (χ1n) is 8.57. The first kappa shape index (κ1) is 22.3. The van der Waals surface area contributed by atoms with E-state index >= 15 is 0 Å². The van der Waals surface area contributed by atoms with E-state index < -0.39 is 18.5 Å². The molecule has 0 aliphatic carbocycles. The molecule has 8 heteroatoms. The van der Waals surface area contributed by atoms with E-state index in [1.165, 1.54) is 6.08 Å². The first-order valence-corrected chi connectivity index (χ1v) is 9.32. The maximum atomic E-state index is 12.1. The maximum absolute atomic E-state index is 12.1. The summed E-state index contributed by atoms with van der Waals surface area (Å²) in [6.07, 6.45) is 1.41. The molecular weight excluding hydrogens is 413 g/mol. The highest BCUT2D eigenvalue weighted by molar-refractivity contribution is 6.35. The highest BCUT2D eigenvalue weighted by Gasteiger charge is 2.13. The summed E-state index contributed by atoms with van der Waals surface area (Å²) in [5.74, 6) is -1.39. The van der Waals surface area contributed by atoms with E-state index in [1.54, 1.807) is 36.4 Å². The van der Waals surface area contributed by atoms with E-state index in [0.717, 1.165) is 5.69 Å². The summed E-state index contributed by atoms with van der Waals surface area (Å²) in [7, 11) is 3.82. The summed E-state index contributed by atoms with van der Waals surface area (Å²) in [6.45, 7) is -0.353. The predicted molar refractivity (Wildman–Crippen MR) is 114 cm³/mol. The maximum Gasteiger partial charge on any atom is 0.349 e. The summed E-state index contributed by atoms with van der Waals surface area (Å²) in [5, 5.41) is 12.7. The van der Waals surface area contributed by atoms with Crippen LogP contribution >= 0.6 is 23.2 Å². The largest absolute Gasteiger partial charge is 0.451 e. The van der Waals surface area contributed by atoms with Crippen LogP contribution < -0.4 is 10.2 Å². The van der Waals surface area contributed by atoms with Gasteiger partial charge in [0, 0.05) is 36.4 Å². The number of benzene rings is 2. The second-order valence-corrected chi connectivity index (χ2v) is 7.09. The predicted octanol–water partition coefficient (Wildman–Crippen LogP) is 3.83. The van der Waals surface area contributed by atoms with Gasteiger partial charge >= 0.3 is 5.97 Å². The van der Waals surface area contributed by atoms with Gasteiger partial charge < -0.3 is 15.0 Å².